The normalized spacial score (nSPS) is 46.9. The fourth-order valence-electron chi connectivity index (χ4n) is 5.80. The molecule has 4 fully saturated rings. The second kappa shape index (κ2) is 4.00. The van der Waals surface area contributed by atoms with Crippen LogP contribution in [0, 0.1) is 23.2 Å². The van der Waals surface area contributed by atoms with Crippen molar-refractivity contribution < 1.29 is 4.74 Å². The SMILES string of the molecule is NC(CC12CC3CC(CC(C3)C1)C2)C1=CCCO1. The second-order valence-corrected chi connectivity index (χ2v) is 7.47. The molecular formula is C16H25NO. The van der Waals surface area contributed by atoms with Crippen LogP contribution in [0.1, 0.15) is 51.4 Å². The zero-order chi connectivity index (χ0) is 12.2. The molecule has 4 saturated carbocycles. The van der Waals surface area contributed by atoms with E-state index in [2.05, 4.69) is 6.08 Å². The lowest BCUT2D eigenvalue weighted by Gasteiger charge is -2.57. The summed E-state index contributed by atoms with van der Waals surface area (Å²) in [5, 5.41) is 0. The third-order valence-electron chi connectivity index (χ3n) is 5.92. The molecule has 5 aliphatic rings. The average Bonchev–Trinajstić information content (AvgIpc) is 2.79. The van der Waals surface area contributed by atoms with Crippen LogP contribution in [0.4, 0.5) is 0 Å². The summed E-state index contributed by atoms with van der Waals surface area (Å²) in [7, 11) is 0. The lowest BCUT2D eigenvalue weighted by atomic mass is 9.48. The van der Waals surface area contributed by atoms with Crippen LogP contribution in [-0.4, -0.2) is 12.6 Å². The van der Waals surface area contributed by atoms with Crippen LogP contribution in [-0.2, 0) is 4.74 Å². The lowest BCUT2D eigenvalue weighted by molar-refractivity contribution is -0.0605. The van der Waals surface area contributed by atoms with Gasteiger partial charge in [-0.05, 0) is 74.2 Å². The standard InChI is InChI=1S/C16H25NO/c17-14(15-2-1-3-18-15)10-16-7-11-4-12(8-16)6-13(5-11)9-16/h2,11-14H,1,3-10,17H2. The van der Waals surface area contributed by atoms with Crippen LogP contribution in [0.3, 0.4) is 0 Å². The number of hydrogen-bond acceptors (Lipinski definition) is 2. The Morgan fingerprint density at radius 2 is 1.78 bits per heavy atom. The molecule has 0 saturated heterocycles. The third kappa shape index (κ3) is 1.80. The van der Waals surface area contributed by atoms with Crippen molar-refractivity contribution in [3.8, 4) is 0 Å². The van der Waals surface area contributed by atoms with E-state index >= 15 is 0 Å². The molecule has 0 aromatic carbocycles. The van der Waals surface area contributed by atoms with Gasteiger partial charge in [0, 0.05) is 6.42 Å². The first-order valence-electron chi connectivity index (χ1n) is 7.81. The van der Waals surface area contributed by atoms with Gasteiger partial charge in [0.1, 0.15) is 5.76 Å². The first-order chi connectivity index (χ1) is 8.72. The van der Waals surface area contributed by atoms with Crippen molar-refractivity contribution in [3.63, 3.8) is 0 Å². The molecule has 0 spiro atoms. The molecular weight excluding hydrogens is 222 g/mol. The molecule has 1 heterocycles. The summed E-state index contributed by atoms with van der Waals surface area (Å²) < 4.78 is 5.66. The van der Waals surface area contributed by atoms with Crippen LogP contribution < -0.4 is 5.73 Å². The fourth-order valence-corrected chi connectivity index (χ4v) is 5.80. The van der Waals surface area contributed by atoms with E-state index in [0.29, 0.717) is 5.41 Å². The molecule has 4 aliphatic carbocycles. The van der Waals surface area contributed by atoms with E-state index < -0.39 is 0 Å². The molecule has 18 heavy (non-hydrogen) atoms. The van der Waals surface area contributed by atoms with Gasteiger partial charge in [0.15, 0.2) is 0 Å². The van der Waals surface area contributed by atoms with Crippen molar-refractivity contribution in [2.75, 3.05) is 6.61 Å². The summed E-state index contributed by atoms with van der Waals surface area (Å²) in [6.07, 6.45) is 13.4. The van der Waals surface area contributed by atoms with Gasteiger partial charge in [-0.25, -0.2) is 0 Å². The molecule has 0 radical (unpaired) electrons. The van der Waals surface area contributed by atoms with Gasteiger partial charge in [-0.2, -0.15) is 0 Å². The molecule has 0 aromatic rings. The van der Waals surface area contributed by atoms with E-state index in [1.807, 2.05) is 0 Å². The minimum atomic E-state index is 0.170. The summed E-state index contributed by atoms with van der Waals surface area (Å²) in [5.41, 5.74) is 6.99. The number of rotatable bonds is 3. The Morgan fingerprint density at radius 1 is 1.17 bits per heavy atom. The van der Waals surface area contributed by atoms with E-state index in [9.17, 15) is 0 Å². The molecule has 1 atom stereocenters. The smallest absolute Gasteiger partial charge is 0.109 e. The molecule has 2 heteroatoms. The topological polar surface area (TPSA) is 35.2 Å². The van der Waals surface area contributed by atoms with Crippen LogP contribution in [0.15, 0.2) is 11.8 Å². The Balaban J connectivity index is 1.50. The number of ether oxygens (including phenoxy) is 1. The summed E-state index contributed by atoms with van der Waals surface area (Å²) >= 11 is 0. The van der Waals surface area contributed by atoms with E-state index in [1.54, 1.807) is 0 Å². The van der Waals surface area contributed by atoms with Crippen molar-refractivity contribution in [1.82, 2.24) is 0 Å². The highest BCUT2D eigenvalue weighted by Crippen LogP contribution is 2.61. The minimum Gasteiger partial charge on any atom is -0.496 e. The maximum absolute atomic E-state index is 6.41. The molecule has 100 valence electrons. The zero-order valence-corrected chi connectivity index (χ0v) is 11.2. The first-order valence-corrected chi connectivity index (χ1v) is 7.81. The Bertz CT molecular complexity index is 338. The van der Waals surface area contributed by atoms with Crippen molar-refractivity contribution >= 4 is 0 Å². The van der Waals surface area contributed by atoms with Gasteiger partial charge in [0.2, 0.25) is 0 Å². The van der Waals surface area contributed by atoms with Crippen LogP contribution in [0.2, 0.25) is 0 Å². The molecule has 4 bridgehead atoms. The summed E-state index contributed by atoms with van der Waals surface area (Å²) in [6.45, 7) is 0.851. The predicted octanol–water partition coefficient (Wildman–Crippen LogP) is 3.22. The average molecular weight is 247 g/mol. The van der Waals surface area contributed by atoms with E-state index in [-0.39, 0.29) is 6.04 Å². The van der Waals surface area contributed by atoms with Gasteiger partial charge in [-0.1, -0.05) is 0 Å². The maximum Gasteiger partial charge on any atom is 0.109 e. The largest absolute Gasteiger partial charge is 0.496 e. The molecule has 0 amide bonds. The van der Waals surface area contributed by atoms with Gasteiger partial charge in [-0.3, -0.25) is 0 Å². The first kappa shape index (κ1) is 11.3. The highest BCUT2D eigenvalue weighted by atomic mass is 16.5. The van der Waals surface area contributed by atoms with Crippen molar-refractivity contribution in [1.29, 1.82) is 0 Å². The van der Waals surface area contributed by atoms with Crippen molar-refractivity contribution in [2.24, 2.45) is 28.9 Å². The van der Waals surface area contributed by atoms with Gasteiger partial charge in [0.25, 0.3) is 0 Å². The highest BCUT2D eigenvalue weighted by molar-refractivity contribution is 5.10. The third-order valence-corrected chi connectivity index (χ3v) is 5.92. The Hall–Kier alpha value is -0.500. The van der Waals surface area contributed by atoms with Gasteiger partial charge in [0.05, 0.1) is 12.6 Å². The summed E-state index contributed by atoms with van der Waals surface area (Å²) in [6, 6.07) is 0.170. The van der Waals surface area contributed by atoms with Crippen LogP contribution in [0.5, 0.6) is 0 Å². The molecule has 1 unspecified atom stereocenters. The van der Waals surface area contributed by atoms with Crippen LogP contribution in [0.25, 0.3) is 0 Å². The van der Waals surface area contributed by atoms with E-state index in [0.717, 1.165) is 36.5 Å². The highest BCUT2D eigenvalue weighted by Gasteiger charge is 2.51. The fraction of sp³-hybridized carbons (Fsp3) is 0.875. The Morgan fingerprint density at radius 3 is 2.28 bits per heavy atom. The Kier molecular flexibility index (Phi) is 2.52. The lowest BCUT2D eigenvalue weighted by Crippen LogP contribution is -2.48. The number of nitrogens with two attached hydrogens (primary N) is 1. The summed E-state index contributed by atoms with van der Waals surface area (Å²) in [5.74, 6) is 4.18. The van der Waals surface area contributed by atoms with Gasteiger partial charge in [-0.15, -0.1) is 0 Å². The molecule has 2 N–H and O–H groups in total. The van der Waals surface area contributed by atoms with Crippen molar-refractivity contribution in [3.05, 3.63) is 11.8 Å². The summed E-state index contributed by atoms with van der Waals surface area (Å²) in [4.78, 5) is 0. The monoisotopic (exact) mass is 247 g/mol. The van der Waals surface area contributed by atoms with Gasteiger partial charge >= 0.3 is 0 Å². The second-order valence-electron chi connectivity index (χ2n) is 7.47. The predicted molar refractivity (Wildman–Crippen MR) is 71.8 cm³/mol. The molecule has 1 aliphatic heterocycles. The maximum atomic E-state index is 6.41. The molecule has 2 nitrogen and oxygen atoms in total. The van der Waals surface area contributed by atoms with Gasteiger partial charge < -0.3 is 10.5 Å². The van der Waals surface area contributed by atoms with Crippen molar-refractivity contribution in [2.45, 2.75) is 57.4 Å². The minimum absolute atomic E-state index is 0.170. The number of hydrogen-bond donors (Lipinski definition) is 1. The molecule has 0 aromatic heterocycles. The quantitative estimate of drug-likeness (QED) is 0.831. The van der Waals surface area contributed by atoms with E-state index in [1.165, 1.54) is 44.9 Å². The molecule has 5 rings (SSSR count). The Labute approximate surface area is 110 Å². The zero-order valence-electron chi connectivity index (χ0n) is 11.2. The van der Waals surface area contributed by atoms with E-state index in [4.69, 9.17) is 10.5 Å². The van der Waals surface area contributed by atoms with Crippen LogP contribution >= 0.6 is 0 Å².